The van der Waals surface area contributed by atoms with Crippen LogP contribution in [0, 0.1) is 13.8 Å². The Kier molecular flexibility index (Phi) is 2.87. The second kappa shape index (κ2) is 5.06. The van der Waals surface area contributed by atoms with E-state index in [0.717, 1.165) is 0 Å². The van der Waals surface area contributed by atoms with Gasteiger partial charge in [0.15, 0.2) is 0 Å². The van der Waals surface area contributed by atoms with Gasteiger partial charge in [-0.15, -0.1) is 22.7 Å². The van der Waals surface area contributed by atoms with Crippen LogP contribution in [0.1, 0.15) is 11.1 Å². The second-order valence-electron chi connectivity index (χ2n) is 7.20. The van der Waals surface area contributed by atoms with Crippen molar-refractivity contribution in [1.82, 2.24) is 0 Å². The lowest BCUT2D eigenvalue weighted by Crippen LogP contribution is -1.76. The molecule has 0 amide bonds. The molecule has 0 aliphatic heterocycles. The summed E-state index contributed by atoms with van der Waals surface area (Å²) in [6.07, 6.45) is 0. The molecular weight excluding hydrogens is 352 g/mol. The fourth-order valence-electron chi connectivity index (χ4n) is 4.04. The maximum absolute atomic E-state index is 2.33. The van der Waals surface area contributed by atoms with E-state index in [1.807, 2.05) is 22.7 Å². The Labute approximate surface area is 159 Å². The van der Waals surface area contributed by atoms with E-state index in [0.29, 0.717) is 0 Å². The number of hydrogen-bond donors (Lipinski definition) is 0. The van der Waals surface area contributed by atoms with Crippen LogP contribution in [-0.4, -0.2) is 0 Å². The summed E-state index contributed by atoms with van der Waals surface area (Å²) in [4.78, 5) is 0. The largest absolute Gasteiger partial charge is 0.133 e. The number of aryl methyl sites for hydroxylation is 2. The minimum absolute atomic E-state index is 1.33. The smallest absolute Gasteiger partial charge is 0.0542 e. The van der Waals surface area contributed by atoms with E-state index in [2.05, 4.69) is 74.5 Å². The summed E-state index contributed by atoms with van der Waals surface area (Å²) in [5.74, 6) is 0. The molecule has 0 unspecified atom stereocenters. The summed E-state index contributed by atoms with van der Waals surface area (Å²) in [5, 5.41) is 8.27. The van der Waals surface area contributed by atoms with Gasteiger partial charge in [-0.3, -0.25) is 0 Å². The number of hydrogen-bond acceptors (Lipinski definition) is 2. The summed E-state index contributed by atoms with van der Waals surface area (Å²) in [6.45, 7) is 4.36. The van der Waals surface area contributed by atoms with Gasteiger partial charge < -0.3 is 0 Å². The lowest BCUT2D eigenvalue weighted by molar-refractivity contribution is 1.51. The minimum Gasteiger partial charge on any atom is -0.133 e. The Balaban J connectivity index is 1.82. The predicted molar refractivity (Wildman–Crippen MR) is 119 cm³/mol. The third kappa shape index (κ3) is 1.89. The summed E-state index contributed by atoms with van der Waals surface area (Å²) in [5.41, 5.74) is 2.65. The van der Waals surface area contributed by atoms with Gasteiger partial charge in [-0.05, 0) is 47.5 Å². The fraction of sp³-hybridized carbons (Fsp3) is 0.0833. The van der Waals surface area contributed by atoms with Crippen molar-refractivity contribution in [2.45, 2.75) is 13.8 Å². The summed E-state index contributed by atoms with van der Waals surface area (Å²) < 4.78 is 5.74. The third-order valence-corrected chi connectivity index (χ3v) is 8.03. The number of benzene rings is 4. The van der Waals surface area contributed by atoms with Crippen LogP contribution in [0.25, 0.3) is 51.1 Å². The van der Waals surface area contributed by atoms with Gasteiger partial charge in [-0.2, -0.15) is 0 Å². The molecule has 2 heterocycles. The topological polar surface area (TPSA) is 0 Å². The molecule has 0 fully saturated rings. The van der Waals surface area contributed by atoms with Crippen LogP contribution >= 0.6 is 22.7 Å². The molecule has 0 saturated carbocycles. The van der Waals surface area contributed by atoms with Gasteiger partial charge in [-0.25, -0.2) is 0 Å². The van der Waals surface area contributed by atoms with Gasteiger partial charge in [0.1, 0.15) is 0 Å². The van der Waals surface area contributed by atoms with Crippen molar-refractivity contribution >= 4 is 73.8 Å². The van der Waals surface area contributed by atoms with Crippen LogP contribution in [-0.2, 0) is 0 Å². The second-order valence-corrected chi connectivity index (χ2v) is 9.24. The standard InChI is InChI=1S/C24H16S2/c1-13-3-5-15-7-9-17-21(19(15)11-13)25-24-18-10-8-16-6-4-14(2)12-20(16)22(18)26-23(17)24/h3-12H,1-2H3. The molecule has 0 aliphatic rings. The minimum atomic E-state index is 1.33. The Hall–Kier alpha value is -2.42. The highest BCUT2D eigenvalue weighted by atomic mass is 32.1. The van der Waals surface area contributed by atoms with Crippen LogP contribution in [0.4, 0.5) is 0 Å². The highest BCUT2D eigenvalue weighted by Gasteiger charge is 2.15. The molecule has 4 aromatic carbocycles. The van der Waals surface area contributed by atoms with E-state index in [9.17, 15) is 0 Å². The number of thiophene rings is 2. The zero-order chi connectivity index (χ0) is 17.4. The van der Waals surface area contributed by atoms with Gasteiger partial charge in [0.2, 0.25) is 0 Å². The van der Waals surface area contributed by atoms with Gasteiger partial charge in [0, 0.05) is 20.2 Å². The Morgan fingerprint density at radius 1 is 0.462 bits per heavy atom. The van der Waals surface area contributed by atoms with Crippen molar-refractivity contribution in [2.24, 2.45) is 0 Å². The van der Waals surface area contributed by atoms with E-state index < -0.39 is 0 Å². The van der Waals surface area contributed by atoms with Crippen LogP contribution < -0.4 is 0 Å². The molecule has 0 N–H and O–H groups in total. The number of rotatable bonds is 0. The first-order valence-corrected chi connectivity index (χ1v) is 10.5. The van der Waals surface area contributed by atoms with E-state index in [1.54, 1.807) is 0 Å². The predicted octanol–water partition coefficient (Wildman–Crippen LogP) is 8.19. The zero-order valence-electron chi connectivity index (χ0n) is 14.6. The van der Waals surface area contributed by atoms with E-state index in [1.165, 1.54) is 62.2 Å². The van der Waals surface area contributed by atoms with Gasteiger partial charge >= 0.3 is 0 Å². The summed E-state index contributed by atoms with van der Waals surface area (Å²) in [7, 11) is 0. The van der Waals surface area contributed by atoms with E-state index in [4.69, 9.17) is 0 Å². The van der Waals surface area contributed by atoms with Crippen molar-refractivity contribution in [3.63, 3.8) is 0 Å². The van der Waals surface area contributed by atoms with Crippen molar-refractivity contribution < 1.29 is 0 Å². The maximum Gasteiger partial charge on any atom is 0.0542 e. The lowest BCUT2D eigenvalue weighted by Gasteiger charge is -2.02. The molecule has 2 aromatic heterocycles. The van der Waals surface area contributed by atoms with Gasteiger partial charge in [-0.1, -0.05) is 59.7 Å². The molecule has 0 saturated heterocycles. The molecule has 6 aromatic rings. The van der Waals surface area contributed by atoms with Crippen LogP contribution in [0.15, 0.2) is 60.7 Å². The van der Waals surface area contributed by atoms with Crippen LogP contribution in [0.2, 0.25) is 0 Å². The molecule has 0 radical (unpaired) electrons. The molecule has 0 atom stereocenters. The first kappa shape index (κ1) is 14.7. The first-order valence-electron chi connectivity index (χ1n) is 8.86. The van der Waals surface area contributed by atoms with E-state index in [-0.39, 0.29) is 0 Å². The zero-order valence-corrected chi connectivity index (χ0v) is 16.2. The molecule has 2 heteroatoms. The van der Waals surface area contributed by atoms with E-state index >= 15 is 0 Å². The first-order chi connectivity index (χ1) is 12.7. The highest BCUT2D eigenvalue weighted by Crippen LogP contribution is 2.48. The van der Waals surface area contributed by atoms with Gasteiger partial charge in [0.25, 0.3) is 0 Å². The molecule has 0 spiro atoms. The summed E-state index contributed by atoms with van der Waals surface area (Å²) in [6, 6.07) is 22.7. The Bertz CT molecular complexity index is 1380. The van der Waals surface area contributed by atoms with Crippen molar-refractivity contribution in [1.29, 1.82) is 0 Å². The average Bonchev–Trinajstić information content (AvgIpc) is 3.18. The molecule has 6 rings (SSSR count). The molecule has 0 bridgehead atoms. The van der Waals surface area contributed by atoms with Crippen LogP contribution in [0.5, 0.6) is 0 Å². The summed E-state index contributed by atoms with van der Waals surface area (Å²) >= 11 is 3.92. The normalized spacial score (nSPS) is 12.2. The highest BCUT2D eigenvalue weighted by molar-refractivity contribution is 7.37. The Morgan fingerprint density at radius 3 is 1.35 bits per heavy atom. The van der Waals surface area contributed by atoms with Crippen molar-refractivity contribution in [2.75, 3.05) is 0 Å². The quantitative estimate of drug-likeness (QED) is 0.253. The monoisotopic (exact) mass is 368 g/mol. The SMILES string of the molecule is Cc1ccc2ccc3c(sc4c5ccc6ccc(C)cc6c5sc34)c2c1. The third-order valence-electron chi connectivity index (χ3n) is 5.36. The molecule has 0 aliphatic carbocycles. The number of fused-ring (bicyclic) bond motifs is 9. The van der Waals surface area contributed by atoms with Crippen molar-refractivity contribution in [3.8, 4) is 0 Å². The Morgan fingerprint density at radius 2 is 0.885 bits per heavy atom. The van der Waals surface area contributed by atoms with Gasteiger partial charge in [0.05, 0.1) is 9.40 Å². The molecule has 124 valence electrons. The molecule has 26 heavy (non-hydrogen) atoms. The van der Waals surface area contributed by atoms with Crippen molar-refractivity contribution in [3.05, 3.63) is 71.8 Å². The molecular formula is C24H16S2. The maximum atomic E-state index is 2.33. The average molecular weight is 369 g/mol. The fourth-order valence-corrected chi connectivity index (χ4v) is 6.93. The van der Waals surface area contributed by atoms with Crippen LogP contribution in [0.3, 0.4) is 0 Å². The lowest BCUT2D eigenvalue weighted by atomic mass is 10.1. The molecule has 0 nitrogen and oxygen atoms in total.